The summed E-state index contributed by atoms with van der Waals surface area (Å²) in [5, 5.41) is 8.71. The van der Waals surface area contributed by atoms with Crippen LogP contribution in [0.2, 0.25) is 0 Å². The van der Waals surface area contributed by atoms with Gasteiger partial charge in [0.2, 0.25) is 5.79 Å². The van der Waals surface area contributed by atoms with Crippen LogP contribution in [0.4, 0.5) is 0 Å². The van der Waals surface area contributed by atoms with E-state index in [9.17, 15) is 4.79 Å². The summed E-state index contributed by atoms with van der Waals surface area (Å²) >= 11 is 0. The average Bonchev–Trinajstić information content (AvgIpc) is 2.55. The minimum Gasteiger partial charge on any atom is -0.481 e. The third kappa shape index (κ3) is 16.3. The Balaban J connectivity index is 4.82. The van der Waals surface area contributed by atoms with Gasteiger partial charge in [-0.2, -0.15) is 9.78 Å². The quantitative estimate of drug-likeness (QED) is 0.136. The zero-order valence-electron chi connectivity index (χ0n) is 19.3. The maximum absolute atomic E-state index is 10.6. The lowest BCUT2D eigenvalue weighted by molar-refractivity contribution is -0.543. The minimum absolute atomic E-state index is 0.242. The molecule has 0 aliphatic carbocycles. The molecule has 0 saturated carbocycles. The summed E-state index contributed by atoms with van der Waals surface area (Å²) in [5.74, 6) is -1.66. The Bertz CT molecular complexity index is 390. The Hall–Kier alpha value is -0.690. The van der Waals surface area contributed by atoms with Crippen LogP contribution in [0.15, 0.2) is 0 Å². The van der Waals surface area contributed by atoms with Gasteiger partial charge in [-0.25, -0.2) is 9.78 Å². The molecular weight excluding hydrogens is 360 g/mol. The van der Waals surface area contributed by atoms with Gasteiger partial charge in [-0.05, 0) is 60.8 Å². The molecule has 0 bridgehead atoms. The number of carbonyl (C=O) groups is 1. The summed E-state index contributed by atoms with van der Waals surface area (Å²) in [4.78, 5) is 33.6. The van der Waals surface area contributed by atoms with Gasteiger partial charge in [-0.3, -0.25) is 4.79 Å². The van der Waals surface area contributed by atoms with Crippen molar-refractivity contribution >= 4 is 5.97 Å². The lowest BCUT2D eigenvalue weighted by Crippen LogP contribution is -2.41. The van der Waals surface area contributed by atoms with Crippen molar-refractivity contribution in [2.24, 2.45) is 0 Å². The van der Waals surface area contributed by atoms with Crippen molar-refractivity contribution in [2.75, 3.05) is 0 Å². The standard InChI is InChI=1S/C22H44O6/c1-8-9-14-17-22(27-25-20(2,3)4,28-26-21(5,6)7)18-15-12-10-11-13-16-19(23)24/h8-18H2,1-7H3,(H,23,24). The largest absolute Gasteiger partial charge is 0.481 e. The molecule has 168 valence electrons. The maximum atomic E-state index is 10.6. The number of hydrogen-bond donors (Lipinski definition) is 1. The molecule has 0 radical (unpaired) electrons. The summed E-state index contributed by atoms with van der Waals surface area (Å²) in [7, 11) is 0. The van der Waals surface area contributed by atoms with Gasteiger partial charge in [-0.15, -0.1) is 0 Å². The molecular formula is C22H44O6. The van der Waals surface area contributed by atoms with Crippen LogP contribution in [0.3, 0.4) is 0 Å². The lowest BCUT2D eigenvalue weighted by atomic mass is 10.00. The zero-order chi connectivity index (χ0) is 21.7. The first-order chi connectivity index (χ1) is 12.9. The molecule has 6 heteroatoms. The highest BCUT2D eigenvalue weighted by Crippen LogP contribution is 2.32. The van der Waals surface area contributed by atoms with Gasteiger partial charge >= 0.3 is 5.97 Å². The molecule has 6 nitrogen and oxygen atoms in total. The van der Waals surface area contributed by atoms with Crippen LogP contribution in [0, 0.1) is 0 Å². The van der Waals surface area contributed by atoms with Crippen molar-refractivity contribution in [3.63, 3.8) is 0 Å². The van der Waals surface area contributed by atoms with Crippen molar-refractivity contribution in [2.45, 2.75) is 136 Å². The highest BCUT2D eigenvalue weighted by Gasteiger charge is 2.37. The van der Waals surface area contributed by atoms with Crippen molar-refractivity contribution < 1.29 is 29.5 Å². The molecule has 0 rings (SSSR count). The van der Waals surface area contributed by atoms with Gasteiger partial charge in [0.05, 0.1) is 11.2 Å². The Labute approximate surface area is 172 Å². The number of aliphatic carboxylic acids is 1. The summed E-state index contributed by atoms with van der Waals surface area (Å²) in [5.41, 5.74) is -0.893. The van der Waals surface area contributed by atoms with Crippen molar-refractivity contribution in [1.82, 2.24) is 0 Å². The average molecular weight is 405 g/mol. The first-order valence-corrected chi connectivity index (χ1v) is 10.8. The molecule has 0 aliphatic heterocycles. The minimum atomic E-state index is -0.934. The van der Waals surface area contributed by atoms with Crippen LogP contribution >= 0.6 is 0 Å². The smallest absolute Gasteiger partial charge is 0.303 e. The third-order valence-corrected chi connectivity index (χ3v) is 4.00. The van der Waals surface area contributed by atoms with Gasteiger partial charge in [0.15, 0.2) is 0 Å². The van der Waals surface area contributed by atoms with E-state index in [1.165, 1.54) is 0 Å². The van der Waals surface area contributed by atoms with E-state index in [0.717, 1.165) is 51.4 Å². The maximum Gasteiger partial charge on any atom is 0.303 e. The van der Waals surface area contributed by atoms with Crippen LogP contribution in [-0.4, -0.2) is 28.1 Å². The van der Waals surface area contributed by atoms with E-state index < -0.39 is 23.0 Å². The van der Waals surface area contributed by atoms with Crippen LogP contribution in [0.25, 0.3) is 0 Å². The second kappa shape index (κ2) is 13.5. The fraction of sp³-hybridized carbons (Fsp3) is 0.955. The number of rotatable bonds is 16. The Kier molecular flexibility index (Phi) is 13.2. The molecule has 0 amide bonds. The molecule has 0 fully saturated rings. The van der Waals surface area contributed by atoms with Gasteiger partial charge in [0, 0.05) is 19.3 Å². The molecule has 1 N–H and O–H groups in total. The van der Waals surface area contributed by atoms with E-state index in [0.29, 0.717) is 12.8 Å². The van der Waals surface area contributed by atoms with E-state index in [1.807, 2.05) is 41.5 Å². The SMILES string of the molecule is CCCCCC(CCCCCCCC(=O)O)(OOC(C)(C)C)OOC(C)(C)C. The van der Waals surface area contributed by atoms with E-state index in [4.69, 9.17) is 24.7 Å². The molecule has 0 saturated heterocycles. The highest BCUT2D eigenvalue weighted by molar-refractivity contribution is 5.66. The van der Waals surface area contributed by atoms with Crippen LogP contribution in [-0.2, 0) is 24.3 Å². The zero-order valence-corrected chi connectivity index (χ0v) is 19.3. The molecule has 0 unspecified atom stereocenters. The van der Waals surface area contributed by atoms with Gasteiger partial charge < -0.3 is 5.11 Å². The van der Waals surface area contributed by atoms with Crippen LogP contribution in [0.5, 0.6) is 0 Å². The number of unbranched alkanes of at least 4 members (excludes halogenated alkanes) is 6. The molecule has 0 aromatic heterocycles. The monoisotopic (exact) mass is 404 g/mol. The summed E-state index contributed by atoms with van der Waals surface area (Å²) in [6, 6.07) is 0. The molecule has 0 heterocycles. The van der Waals surface area contributed by atoms with Crippen molar-refractivity contribution in [3.8, 4) is 0 Å². The normalized spacial score (nSPS) is 13.1. The second-order valence-corrected chi connectivity index (χ2v) is 9.59. The summed E-state index contributed by atoms with van der Waals surface area (Å²) < 4.78 is 0. The van der Waals surface area contributed by atoms with E-state index in [-0.39, 0.29) is 6.42 Å². The first-order valence-electron chi connectivity index (χ1n) is 10.8. The van der Waals surface area contributed by atoms with Gasteiger partial charge in [-0.1, -0.05) is 39.0 Å². The van der Waals surface area contributed by atoms with Gasteiger partial charge in [0.1, 0.15) is 0 Å². The van der Waals surface area contributed by atoms with Crippen molar-refractivity contribution in [3.05, 3.63) is 0 Å². The second-order valence-electron chi connectivity index (χ2n) is 9.59. The molecule has 0 aromatic rings. The summed E-state index contributed by atoms with van der Waals surface area (Å²) in [6.45, 7) is 13.8. The molecule has 0 spiro atoms. The molecule has 0 aromatic carbocycles. The lowest BCUT2D eigenvalue weighted by Gasteiger charge is -2.35. The molecule has 0 aliphatic rings. The third-order valence-electron chi connectivity index (χ3n) is 4.00. The summed E-state index contributed by atoms with van der Waals surface area (Å²) in [6.07, 6.45) is 9.33. The van der Waals surface area contributed by atoms with Gasteiger partial charge in [0.25, 0.3) is 0 Å². The Morgan fingerprint density at radius 3 is 1.54 bits per heavy atom. The number of hydrogen-bond acceptors (Lipinski definition) is 5. The van der Waals surface area contributed by atoms with E-state index in [1.54, 1.807) is 0 Å². The predicted octanol–water partition coefficient (Wildman–Crippen LogP) is 6.57. The Morgan fingerprint density at radius 1 is 0.679 bits per heavy atom. The van der Waals surface area contributed by atoms with E-state index >= 15 is 0 Å². The fourth-order valence-corrected chi connectivity index (χ4v) is 2.55. The fourth-order valence-electron chi connectivity index (χ4n) is 2.55. The van der Waals surface area contributed by atoms with E-state index in [2.05, 4.69) is 6.92 Å². The van der Waals surface area contributed by atoms with Crippen LogP contribution < -0.4 is 0 Å². The topological polar surface area (TPSA) is 74.2 Å². The highest BCUT2D eigenvalue weighted by atomic mass is 17.3. The first kappa shape index (κ1) is 27.3. The molecule has 28 heavy (non-hydrogen) atoms. The Morgan fingerprint density at radius 2 is 1.11 bits per heavy atom. The number of carboxylic acid groups (broad SMARTS) is 1. The van der Waals surface area contributed by atoms with Crippen LogP contribution in [0.1, 0.15) is 119 Å². The number of carboxylic acids is 1. The van der Waals surface area contributed by atoms with Crippen molar-refractivity contribution in [1.29, 1.82) is 0 Å². The predicted molar refractivity (Wildman–Crippen MR) is 111 cm³/mol. The molecule has 0 atom stereocenters.